The van der Waals surface area contributed by atoms with E-state index in [9.17, 15) is 19.3 Å². The quantitative estimate of drug-likeness (QED) is 0.282. The van der Waals surface area contributed by atoms with Gasteiger partial charge in [0.2, 0.25) is 5.78 Å². The maximum atomic E-state index is 12.9. The molecule has 1 aliphatic heterocycles. The number of aliphatic carboxylic acids is 1. The molecule has 0 bridgehead atoms. The zero-order valence-electron chi connectivity index (χ0n) is 17.9. The van der Waals surface area contributed by atoms with Crippen LogP contribution in [-0.4, -0.2) is 47.3 Å². The van der Waals surface area contributed by atoms with Crippen molar-refractivity contribution in [1.82, 2.24) is 4.57 Å². The van der Waals surface area contributed by atoms with Crippen LogP contribution in [0.4, 0.5) is 5.69 Å². The highest BCUT2D eigenvalue weighted by Gasteiger charge is 2.31. The molecule has 1 aromatic carbocycles. The van der Waals surface area contributed by atoms with Crippen LogP contribution in [0.15, 0.2) is 36.4 Å². The maximum absolute atomic E-state index is 12.9. The first-order valence-corrected chi connectivity index (χ1v) is 12.3. The summed E-state index contributed by atoms with van der Waals surface area (Å²) >= 11 is 0. The molecule has 1 unspecified atom stereocenters. The summed E-state index contributed by atoms with van der Waals surface area (Å²) < 4.78 is 24.8. The van der Waals surface area contributed by atoms with E-state index in [2.05, 4.69) is 5.32 Å². The molecule has 1 atom stereocenters. The summed E-state index contributed by atoms with van der Waals surface area (Å²) in [7, 11) is -3.03. The fraction of sp³-hybridized carbons (Fsp3) is 0.455. The third-order valence-corrected chi connectivity index (χ3v) is 7.45. The molecule has 2 N–H and O–H groups in total. The van der Waals surface area contributed by atoms with Gasteiger partial charge in [0, 0.05) is 30.0 Å². The number of rotatable bonds is 12. The van der Waals surface area contributed by atoms with E-state index in [1.807, 2.05) is 16.7 Å². The van der Waals surface area contributed by atoms with Gasteiger partial charge in [-0.1, -0.05) is 0 Å². The van der Waals surface area contributed by atoms with Gasteiger partial charge in [0.25, 0.3) is 0 Å². The van der Waals surface area contributed by atoms with Gasteiger partial charge in [-0.2, -0.15) is 0 Å². The van der Waals surface area contributed by atoms with Crippen LogP contribution in [0, 0.1) is 0 Å². The van der Waals surface area contributed by atoms with Gasteiger partial charge >= 0.3 is 13.6 Å². The van der Waals surface area contributed by atoms with E-state index in [-0.39, 0.29) is 5.78 Å². The molecule has 0 radical (unpaired) electrons. The van der Waals surface area contributed by atoms with Crippen molar-refractivity contribution in [3.05, 3.63) is 53.3 Å². The maximum Gasteiger partial charge on any atom is 0.330 e. The van der Waals surface area contributed by atoms with Crippen molar-refractivity contribution >= 4 is 25.0 Å². The molecule has 9 heteroatoms. The summed E-state index contributed by atoms with van der Waals surface area (Å²) in [6.07, 6.45) is 1.47. The number of carbonyl (C=O) groups excluding carboxylic acids is 1. The summed E-state index contributed by atoms with van der Waals surface area (Å²) in [4.78, 5) is 24.2. The minimum Gasteiger partial charge on any atom is -0.481 e. The highest BCUT2D eigenvalue weighted by atomic mass is 31.2. The highest BCUT2D eigenvalue weighted by Crippen LogP contribution is 2.48. The van der Waals surface area contributed by atoms with Crippen LogP contribution in [-0.2, 0) is 25.0 Å². The van der Waals surface area contributed by atoms with Gasteiger partial charge in [-0.3, -0.25) is 14.2 Å². The van der Waals surface area contributed by atoms with Gasteiger partial charge in [-0.05, 0) is 63.1 Å². The lowest BCUT2D eigenvalue weighted by Gasteiger charge is -2.17. The molecule has 2 heterocycles. The number of aromatic nitrogens is 1. The molecule has 1 aromatic heterocycles. The molecule has 0 saturated carbocycles. The average molecular weight is 448 g/mol. The van der Waals surface area contributed by atoms with Crippen LogP contribution in [0.5, 0.6) is 0 Å². The van der Waals surface area contributed by atoms with E-state index in [1.54, 1.807) is 38.1 Å². The normalized spacial score (nSPS) is 15.6. The van der Waals surface area contributed by atoms with E-state index < -0.39 is 19.5 Å². The minimum atomic E-state index is -3.03. The van der Waals surface area contributed by atoms with Crippen LogP contribution in [0.25, 0.3) is 0 Å². The molecular weight excluding hydrogens is 419 g/mol. The van der Waals surface area contributed by atoms with Gasteiger partial charge in [-0.25, -0.2) is 0 Å². The summed E-state index contributed by atoms with van der Waals surface area (Å²) in [6.45, 7) is 5.41. The fourth-order valence-corrected chi connectivity index (χ4v) is 5.51. The van der Waals surface area contributed by atoms with Crippen LogP contribution in [0.3, 0.4) is 0 Å². The Morgan fingerprint density at radius 3 is 2.42 bits per heavy atom. The zero-order valence-corrected chi connectivity index (χ0v) is 18.8. The van der Waals surface area contributed by atoms with E-state index in [0.717, 1.165) is 5.69 Å². The first-order chi connectivity index (χ1) is 14.9. The number of carboxylic acid groups (broad SMARTS) is 1. The number of hydrogen-bond donors (Lipinski definition) is 2. The lowest BCUT2D eigenvalue weighted by molar-refractivity contribution is -0.138. The van der Waals surface area contributed by atoms with Crippen LogP contribution >= 0.6 is 7.60 Å². The summed E-state index contributed by atoms with van der Waals surface area (Å²) in [5.41, 5.74) is 2.60. The van der Waals surface area contributed by atoms with E-state index >= 15 is 0 Å². The molecule has 0 aliphatic carbocycles. The van der Waals surface area contributed by atoms with Gasteiger partial charge in [-0.15, -0.1) is 0 Å². The molecule has 0 amide bonds. The Bertz CT molecular complexity index is 959. The summed E-state index contributed by atoms with van der Waals surface area (Å²) in [5, 5.41) is 12.6. The number of hydrogen-bond acceptors (Lipinski definition) is 6. The number of ketones is 1. The Morgan fingerprint density at radius 2 is 1.81 bits per heavy atom. The second-order valence-electron chi connectivity index (χ2n) is 7.33. The van der Waals surface area contributed by atoms with Crippen LogP contribution < -0.4 is 5.32 Å². The third kappa shape index (κ3) is 5.45. The Labute approximate surface area is 182 Å². The second-order valence-corrected chi connectivity index (χ2v) is 9.52. The molecule has 168 valence electrons. The topological polar surface area (TPSA) is 107 Å². The number of benzene rings is 1. The average Bonchev–Trinajstić information content (AvgIpc) is 3.34. The third-order valence-electron chi connectivity index (χ3n) is 5.28. The molecule has 3 rings (SSSR count). The molecule has 0 saturated heterocycles. The number of nitrogens with one attached hydrogen (secondary N) is 1. The summed E-state index contributed by atoms with van der Waals surface area (Å²) in [5.74, 6) is -1.53. The number of fused-ring (bicyclic) bond motifs is 1. The van der Waals surface area contributed by atoms with Gasteiger partial charge in [0.15, 0.2) is 0 Å². The molecule has 1 aliphatic rings. The van der Waals surface area contributed by atoms with Crippen molar-refractivity contribution in [2.75, 3.05) is 31.2 Å². The number of carboxylic acids is 1. The standard InChI is InChI=1S/C22H29N2O6P/c1-3-29-31(28,30-4-2)15-5-13-23-17-8-6-16(7-9-17)21(25)20-11-10-19-18(22(26)27)12-14-24(19)20/h6-11,18,23H,3-5,12-15H2,1-2H3,(H,26,27). The Kier molecular flexibility index (Phi) is 7.70. The highest BCUT2D eigenvalue weighted by molar-refractivity contribution is 7.53. The van der Waals surface area contributed by atoms with Crippen LogP contribution in [0.1, 0.15) is 54.4 Å². The molecule has 2 aromatic rings. The first-order valence-electron chi connectivity index (χ1n) is 10.6. The van der Waals surface area contributed by atoms with Crippen molar-refractivity contribution in [3.8, 4) is 0 Å². The van der Waals surface area contributed by atoms with Crippen molar-refractivity contribution in [1.29, 1.82) is 0 Å². The SMILES string of the molecule is CCOP(=O)(CCCNc1ccc(C(=O)c2ccc3n2CCC3C(=O)O)cc1)OCC. The van der Waals surface area contributed by atoms with Crippen molar-refractivity contribution in [2.45, 2.75) is 39.2 Å². The smallest absolute Gasteiger partial charge is 0.330 e. The van der Waals surface area contributed by atoms with Crippen molar-refractivity contribution in [3.63, 3.8) is 0 Å². The Morgan fingerprint density at radius 1 is 1.13 bits per heavy atom. The zero-order chi connectivity index (χ0) is 22.4. The molecular formula is C22H29N2O6P. The van der Waals surface area contributed by atoms with Gasteiger partial charge in [0.05, 0.1) is 31.0 Å². The lowest BCUT2D eigenvalue weighted by atomic mass is 10.1. The lowest BCUT2D eigenvalue weighted by Crippen LogP contribution is -2.10. The summed E-state index contributed by atoms with van der Waals surface area (Å²) in [6, 6.07) is 10.6. The van der Waals surface area contributed by atoms with E-state index in [0.29, 0.717) is 62.3 Å². The first kappa shape index (κ1) is 23.3. The van der Waals surface area contributed by atoms with Crippen LogP contribution in [0.2, 0.25) is 0 Å². The van der Waals surface area contributed by atoms with Crippen molar-refractivity contribution < 1.29 is 28.3 Å². The molecule has 8 nitrogen and oxygen atoms in total. The minimum absolute atomic E-state index is 0.127. The molecule has 0 spiro atoms. The largest absolute Gasteiger partial charge is 0.481 e. The second kappa shape index (κ2) is 10.3. The van der Waals surface area contributed by atoms with Gasteiger partial charge in [0.1, 0.15) is 0 Å². The van der Waals surface area contributed by atoms with Crippen molar-refractivity contribution in [2.24, 2.45) is 0 Å². The fourth-order valence-electron chi connectivity index (χ4n) is 3.84. The molecule has 0 fully saturated rings. The van der Waals surface area contributed by atoms with E-state index in [4.69, 9.17) is 9.05 Å². The van der Waals surface area contributed by atoms with E-state index in [1.165, 1.54) is 0 Å². The Hall–Kier alpha value is -2.41. The predicted molar refractivity (Wildman–Crippen MR) is 118 cm³/mol. The number of nitrogens with zero attached hydrogens (tertiary/aromatic N) is 1. The predicted octanol–water partition coefficient (Wildman–Crippen LogP) is 4.36. The molecule has 31 heavy (non-hydrogen) atoms. The number of carbonyl (C=O) groups is 2. The Balaban J connectivity index is 1.56. The van der Waals surface area contributed by atoms with Gasteiger partial charge < -0.3 is 24.0 Å². The number of anilines is 1. The monoisotopic (exact) mass is 448 g/mol.